The number of rotatable bonds is 7. The zero-order valence-corrected chi connectivity index (χ0v) is 23.3. The first-order valence-corrected chi connectivity index (χ1v) is 14.8. The summed E-state index contributed by atoms with van der Waals surface area (Å²) in [4.78, 5) is -1.31. The Hall–Kier alpha value is -2.63. The molecule has 1 heterocycles. The van der Waals surface area contributed by atoms with Crippen LogP contribution in [0.25, 0.3) is 0 Å². The van der Waals surface area contributed by atoms with Gasteiger partial charge in [-0.3, -0.25) is 4.72 Å². The molecular weight excluding hydrogens is 661 g/mol. The average molecular weight is 679 g/mol. The number of hydrogen-bond donors (Lipinski definition) is 1. The van der Waals surface area contributed by atoms with Crippen LogP contribution in [0.4, 0.5) is 36.4 Å². The second-order valence-corrected chi connectivity index (χ2v) is 13.3. The summed E-state index contributed by atoms with van der Waals surface area (Å²) < 4.78 is 156. The molecule has 1 aliphatic carbocycles. The SMILES string of the molecule is Cc1ccc(S(=O)(=O)n2cc(S(=O)(=O)Nc3cc(F)c(Br)cc3F)c3c2C[C@@](OC(F)F)(C(F)(F)F)CC3)cc1. The fraction of sp³-hybridized carbons (Fsp3) is 0.304. The molecule has 0 saturated heterocycles. The van der Waals surface area contributed by atoms with Crippen LogP contribution in [0.1, 0.15) is 23.2 Å². The number of hydrogen-bond acceptors (Lipinski definition) is 5. The zero-order chi connectivity index (χ0) is 29.8. The standard InChI is InChI=1S/C23H18BrF7N2O5S2/c1-12-2-4-13(5-3-12)40(36,37)33-11-20(39(34,35)32-18-9-16(25)15(24)8-17(18)26)14-6-7-22(10-19(14)33,23(29,30)31)38-21(27)28/h2-5,8-9,11,21,32H,6-7,10H2,1H3/t22-/m1/s1. The molecular formula is C23H18BrF7N2O5S2. The molecule has 0 fully saturated rings. The normalized spacial score (nSPS) is 18.1. The highest BCUT2D eigenvalue weighted by Crippen LogP contribution is 2.47. The molecule has 40 heavy (non-hydrogen) atoms. The van der Waals surface area contributed by atoms with Gasteiger partial charge < -0.3 is 4.74 Å². The van der Waals surface area contributed by atoms with Crippen LogP contribution in [0, 0.1) is 18.6 Å². The van der Waals surface area contributed by atoms with Crippen LogP contribution in [0.5, 0.6) is 0 Å². The first-order chi connectivity index (χ1) is 18.4. The van der Waals surface area contributed by atoms with Crippen LogP contribution in [0.2, 0.25) is 0 Å². The summed E-state index contributed by atoms with van der Waals surface area (Å²) in [7, 11) is -9.74. The molecule has 17 heteroatoms. The second-order valence-electron chi connectivity index (χ2n) is 8.93. The summed E-state index contributed by atoms with van der Waals surface area (Å²) in [6.07, 6.45) is -8.40. The molecule has 0 aliphatic heterocycles. The summed E-state index contributed by atoms with van der Waals surface area (Å²) in [6, 6.07) is 6.13. The molecule has 1 aliphatic rings. The van der Waals surface area contributed by atoms with E-state index in [1.165, 1.54) is 12.1 Å². The fourth-order valence-corrected chi connectivity index (χ4v) is 7.47. The van der Waals surface area contributed by atoms with Crippen molar-refractivity contribution in [3.05, 3.63) is 75.5 Å². The maximum Gasteiger partial charge on any atom is 0.418 e. The molecule has 0 amide bonds. The van der Waals surface area contributed by atoms with Gasteiger partial charge in [0.15, 0.2) is 5.60 Å². The number of fused-ring (bicyclic) bond motifs is 1. The van der Waals surface area contributed by atoms with Crippen LogP contribution >= 0.6 is 15.9 Å². The molecule has 0 radical (unpaired) electrons. The Morgan fingerprint density at radius 3 is 2.25 bits per heavy atom. The smallest absolute Gasteiger partial charge is 0.306 e. The van der Waals surface area contributed by atoms with Gasteiger partial charge in [-0.25, -0.2) is 29.6 Å². The van der Waals surface area contributed by atoms with Gasteiger partial charge in [0.1, 0.15) is 16.5 Å². The first kappa shape index (κ1) is 30.3. The highest BCUT2D eigenvalue weighted by molar-refractivity contribution is 9.10. The average Bonchev–Trinajstić information content (AvgIpc) is 3.22. The number of aryl methyl sites for hydroxylation is 1. The number of alkyl halides is 5. The van der Waals surface area contributed by atoms with E-state index in [0.29, 0.717) is 23.9 Å². The predicted octanol–water partition coefficient (Wildman–Crippen LogP) is 5.90. The molecule has 1 N–H and O–H groups in total. The second kappa shape index (κ2) is 10.3. The van der Waals surface area contributed by atoms with Crippen molar-refractivity contribution in [2.75, 3.05) is 4.72 Å². The van der Waals surface area contributed by atoms with Crippen molar-refractivity contribution in [2.45, 2.75) is 54.4 Å². The number of benzene rings is 2. The largest absolute Gasteiger partial charge is 0.418 e. The fourth-order valence-electron chi connectivity index (χ4n) is 4.33. The molecule has 218 valence electrons. The van der Waals surface area contributed by atoms with E-state index in [-0.39, 0.29) is 8.45 Å². The van der Waals surface area contributed by atoms with Crippen molar-refractivity contribution in [2.24, 2.45) is 0 Å². The lowest BCUT2D eigenvalue weighted by molar-refractivity contribution is -0.330. The van der Waals surface area contributed by atoms with E-state index in [2.05, 4.69) is 20.7 Å². The van der Waals surface area contributed by atoms with Crippen LogP contribution in [0.15, 0.2) is 56.9 Å². The van der Waals surface area contributed by atoms with Gasteiger partial charge >= 0.3 is 12.8 Å². The Morgan fingerprint density at radius 1 is 1.05 bits per heavy atom. The van der Waals surface area contributed by atoms with Gasteiger partial charge in [-0.2, -0.15) is 22.0 Å². The summed E-state index contributed by atoms with van der Waals surface area (Å²) in [5, 5.41) is 0. The van der Waals surface area contributed by atoms with Gasteiger partial charge in [0.2, 0.25) is 0 Å². The quantitative estimate of drug-likeness (QED) is 0.248. The number of ether oxygens (including phenoxy) is 1. The van der Waals surface area contributed by atoms with Crippen LogP contribution < -0.4 is 4.72 Å². The van der Waals surface area contributed by atoms with E-state index in [4.69, 9.17) is 0 Å². The minimum Gasteiger partial charge on any atom is -0.306 e. The summed E-state index contributed by atoms with van der Waals surface area (Å²) in [6.45, 7) is -2.26. The third kappa shape index (κ3) is 5.47. The Labute approximate surface area is 232 Å². The summed E-state index contributed by atoms with van der Waals surface area (Å²) >= 11 is 2.73. The summed E-state index contributed by atoms with van der Waals surface area (Å²) in [5.41, 5.74) is -4.99. The number of anilines is 1. The lowest BCUT2D eigenvalue weighted by Crippen LogP contribution is -2.53. The number of nitrogens with zero attached hydrogens (tertiary/aromatic N) is 1. The highest BCUT2D eigenvalue weighted by Gasteiger charge is 2.60. The van der Waals surface area contributed by atoms with Crippen molar-refractivity contribution >= 4 is 41.7 Å². The molecule has 1 aromatic heterocycles. The molecule has 4 rings (SSSR count). The molecule has 0 unspecified atom stereocenters. The monoisotopic (exact) mass is 678 g/mol. The van der Waals surface area contributed by atoms with E-state index in [1.54, 1.807) is 11.6 Å². The van der Waals surface area contributed by atoms with E-state index in [1.807, 2.05) is 0 Å². The van der Waals surface area contributed by atoms with E-state index in [9.17, 15) is 47.6 Å². The minimum absolute atomic E-state index is 0.258. The van der Waals surface area contributed by atoms with Crippen molar-refractivity contribution < 1.29 is 52.3 Å². The zero-order valence-electron chi connectivity index (χ0n) is 20.1. The number of aromatic nitrogens is 1. The third-order valence-electron chi connectivity index (χ3n) is 6.33. The van der Waals surface area contributed by atoms with E-state index in [0.717, 1.165) is 12.1 Å². The van der Waals surface area contributed by atoms with E-state index >= 15 is 0 Å². The molecule has 0 bridgehead atoms. The van der Waals surface area contributed by atoms with Crippen LogP contribution in [-0.4, -0.2) is 39.2 Å². The van der Waals surface area contributed by atoms with Gasteiger partial charge in [-0.05, 0) is 59.5 Å². The Kier molecular flexibility index (Phi) is 7.83. The number of halogens is 8. The number of sulfonamides is 1. The maximum atomic E-state index is 14.4. The van der Waals surface area contributed by atoms with Gasteiger partial charge in [-0.1, -0.05) is 17.7 Å². The maximum absolute atomic E-state index is 14.4. The predicted molar refractivity (Wildman–Crippen MR) is 131 cm³/mol. The lowest BCUT2D eigenvalue weighted by atomic mass is 9.83. The first-order valence-electron chi connectivity index (χ1n) is 11.1. The van der Waals surface area contributed by atoms with Crippen molar-refractivity contribution in [3.8, 4) is 0 Å². The lowest BCUT2D eigenvalue weighted by Gasteiger charge is -2.38. The van der Waals surface area contributed by atoms with Gasteiger partial charge in [-0.15, -0.1) is 0 Å². The third-order valence-corrected chi connectivity index (χ3v) is 10.1. The van der Waals surface area contributed by atoms with Crippen molar-refractivity contribution in [1.29, 1.82) is 0 Å². The molecule has 0 saturated carbocycles. The number of nitrogens with one attached hydrogen (secondary N) is 1. The molecule has 0 spiro atoms. The Bertz CT molecular complexity index is 1670. The molecule has 2 aromatic carbocycles. The van der Waals surface area contributed by atoms with Crippen molar-refractivity contribution in [1.82, 2.24) is 3.97 Å². The van der Waals surface area contributed by atoms with E-state index < -0.39 is 96.1 Å². The van der Waals surface area contributed by atoms with Crippen LogP contribution in [0.3, 0.4) is 0 Å². The summed E-state index contributed by atoms with van der Waals surface area (Å²) in [5.74, 6) is -2.28. The highest BCUT2D eigenvalue weighted by atomic mass is 79.9. The van der Waals surface area contributed by atoms with Crippen molar-refractivity contribution in [3.63, 3.8) is 0 Å². The molecule has 7 nitrogen and oxygen atoms in total. The minimum atomic E-state index is -5.40. The van der Waals surface area contributed by atoms with Gasteiger partial charge in [0, 0.05) is 24.4 Å². The molecule has 1 atom stereocenters. The van der Waals surface area contributed by atoms with Gasteiger partial charge in [0.05, 0.1) is 15.1 Å². The Balaban J connectivity index is 1.93. The van der Waals surface area contributed by atoms with Crippen LogP contribution in [-0.2, 0) is 37.6 Å². The topological polar surface area (TPSA) is 94.5 Å². The van der Waals surface area contributed by atoms with Gasteiger partial charge in [0.25, 0.3) is 20.0 Å². The Morgan fingerprint density at radius 2 is 1.68 bits per heavy atom. The molecule has 3 aromatic rings.